The molecule has 0 atom stereocenters. The molecule has 0 aliphatic carbocycles. The van der Waals surface area contributed by atoms with Crippen molar-refractivity contribution in [3.8, 4) is 0 Å². The first-order chi connectivity index (χ1) is 4.83. The van der Waals surface area contributed by atoms with Crippen LogP contribution in [0.25, 0.3) is 0 Å². The number of rotatable bonds is 1. The molecule has 0 amide bonds. The first-order valence-electron chi connectivity index (χ1n) is 2.42. The Morgan fingerprint density at radius 2 is 2.60 bits per heavy atom. The number of hydrogen-bond donors (Lipinski definition) is 2. The van der Waals surface area contributed by atoms with Crippen molar-refractivity contribution >= 4 is 6.21 Å². The van der Waals surface area contributed by atoms with Gasteiger partial charge >= 0.3 is 5.69 Å². The fourth-order valence-electron chi connectivity index (χ4n) is 0.446. The Labute approximate surface area is 55.2 Å². The van der Waals surface area contributed by atoms with Gasteiger partial charge in [-0.2, -0.15) is 10.1 Å². The van der Waals surface area contributed by atoms with E-state index in [4.69, 9.17) is 5.21 Å². The minimum absolute atomic E-state index is 0.214. The van der Waals surface area contributed by atoms with Crippen LogP contribution in [0.1, 0.15) is 5.69 Å². The summed E-state index contributed by atoms with van der Waals surface area (Å²) in [7, 11) is 0. The highest BCUT2D eigenvalue weighted by Crippen LogP contribution is 1.76. The van der Waals surface area contributed by atoms with E-state index in [0.717, 1.165) is 6.21 Å². The Morgan fingerprint density at radius 1 is 1.80 bits per heavy atom. The van der Waals surface area contributed by atoms with E-state index in [1.54, 1.807) is 0 Å². The molecule has 1 rings (SSSR count). The van der Waals surface area contributed by atoms with Crippen molar-refractivity contribution in [1.82, 2.24) is 15.2 Å². The van der Waals surface area contributed by atoms with Gasteiger partial charge in [0.05, 0.1) is 12.4 Å². The lowest BCUT2D eigenvalue weighted by atomic mass is 10.5. The molecule has 0 bridgehead atoms. The van der Waals surface area contributed by atoms with Gasteiger partial charge in [-0.1, -0.05) is 5.16 Å². The highest BCUT2D eigenvalue weighted by molar-refractivity contribution is 5.75. The van der Waals surface area contributed by atoms with Crippen LogP contribution in [0.4, 0.5) is 0 Å². The van der Waals surface area contributed by atoms with Gasteiger partial charge in [0.2, 0.25) is 0 Å². The van der Waals surface area contributed by atoms with Crippen LogP contribution in [-0.4, -0.2) is 26.6 Å². The van der Waals surface area contributed by atoms with Gasteiger partial charge < -0.3 is 5.21 Å². The topological polar surface area (TPSA) is 91.2 Å². The third-order valence-electron chi connectivity index (χ3n) is 0.778. The van der Waals surface area contributed by atoms with Crippen LogP contribution in [0.15, 0.2) is 16.1 Å². The molecule has 0 aliphatic rings. The summed E-state index contributed by atoms with van der Waals surface area (Å²) in [6.45, 7) is 0. The summed E-state index contributed by atoms with van der Waals surface area (Å²) in [4.78, 5) is 13.8. The molecule has 1 heterocycles. The number of aromatic nitrogens is 3. The molecule has 0 saturated heterocycles. The van der Waals surface area contributed by atoms with Crippen LogP contribution in [0, 0.1) is 0 Å². The second-order valence-corrected chi connectivity index (χ2v) is 1.46. The Bertz CT molecular complexity index is 291. The van der Waals surface area contributed by atoms with E-state index < -0.39 is 5.69 Å². The van der Waals surface area contributed by atoms with Crippen molar-refractivity contribution < 1.29 is 5.21 Å². The van der Waals surface area contributed by atoms with Crippen LogP contribution in [0.5, 0.6) is 0 Å². The van der Waals surface area contributed by atoms with Crippen LogP contribution in [0.3, 0.4) is 0 Å². The van der Waals surface area contributed by atoms with Gasteiger partial charge in [-0.25, -0.2) is 9.89 Å². The van der Waals surface area contributed by atoms with E-state index in [2.05, 4.69) is 20.3 Å². The third-order valence-corrected chi connectivity index (χ3v) is 0.778. The lowest BCUT2D eigenvalue weighted by Gasteiger charge is -1.83. The molecule has 0 aliphatic heterocycles. The maximum Gasteiger partial charge on any atom is 0.361 e. The minimum atomic E-state index is -0.572. The van der Waals surface area contributed by atoms with Crippen molar-refractivity contribution in [2.75, 3.05) is 0 Å². The molecule has 0 fully saturated rings. The van der Waals surface area contributed by atoms with Gasteiger partial charge in [0, 0.05) is 0 Å². The van der Waals surface area contributed by atoms with E-state index in [9.17, 15) is 4.79 Å². The average molecular weight is 140 g/mol. The largest absolute Gasteiger partial charge is 0.411 e. The maximum absolute atomic E-state index is 10.4. The smallest absolute Gasteiger partial charge is 0.361 e. The van der Waals surface area contributed by atoms with E-state index in [1.807, 2.05) is 0 Å². The number of nitrogens with zero attached hydrogens (tertiary/aromatic N) is 3. The first-order valence-corrected chi connectivity index (χ1v) is 2.42. The van der Waals surface area contributed by atoms with Crippen LogP contribution < -0.4 is 5.69 Å². The Kier molecular flexibility index (Phi) is 1.74. The van der Waals surface area contributed by atoms with Gasteiger partial charge in [0.25, 0.3) is 0 Å². The molecule has 0 saturated carbocycles. The van der Waals surface area contributed by atoms with Crippen LogP contribution >= 0.6 is 0 Å². The van der Waals surface area contributed by atoms with Gasteiger partial charge in [-0.05, 0) is 0 Å². The second-order valence-electron chi connectivity index (χ2n) is 1.46. The minimum Gasteiger partial charge on any atom is -0.411 e. The predicted molar refractivity (Wildman–Crippen MR) is 32.0 cm³/mol. The number of aromatic amines is 1. The van der Waals surface area contributed by atoms with E-state index >= 15 is 0 Å². The number of nitrogens with one attached hydrogen (secondary N) is 1. The lowest BCUT2D eigenvalue weighted by molar-refractivity contribution is 0.321. The summed E-state index contributed by atoms with van der Waals surface area (Å²) < 4.78 is 0. The molecule has 0 radical (unpaired) electrons. The quantitative estimate of drug-likeness (QED) is 0.296. The average Bonchev–Trinajstić information content (AvgIpc) is 1.88. The molecule has 0 aromatic carbocycles. The standard InChI is InChI=1S/C4H4N4O2/c9-4-7-3(2-6-10)1-5-8-4/h1-2,10H,(H,7,8,9)/b6-2+. The van der Waals surface area contributed by atoms with Crippen molar-refractivity contribution in [3.63, 3.8) is 0 Å². The monoisotopic (exact) mass is 140 g/mol. The number of oxime groups is 1. The molecule has 1 aromatic rings. The summed E-state index contributed by atoms with van der Waals surface area (Å²) >= 11 is 0. The molecule has 10 heavy (non-hydrogen) atoms. The summed E-state index contributed by atoms with van der Waals surface area (Å²) in [6, 6.07) is 0. The van der Waals surface area contributed by atoms with Gasteiger partial charge in [-0.3, -0.25) is 0 Å². The van der Waals surface area contributed by atoms with Crippen LogP contribution in [-0.2, 0) is 0 Å². The fourth-order valence-corrected chi connectivity index (χ4v) is 0.446. The van der Waals surface area contributed by atoms with E-state index in [0.29, 0.717) is 0 Å². The van der Waals surface area contributed by atoms with Crippen LogP contribution in [0.2, 0.25) is 0 Å². The van der Waals surface area contributed by atoms with Crippen molar-refractivity contribution in [1.29, 1.82) is 0 Å². The summed E-state index contributed by atoms with van der Waals surface area (Å²) in [5.41, 5.74) is -0.358. The highest BCUT2D eigenvalue weighted by atomic mass is 16.4. The zero-order chi connectivity index (χ0) is 7.40. The summed E-state index contributed by atoms with van der Waals surface area (Å²) in [5, 5.41) is 16.1. The Hall–Kier alpha value is -1.72. The first kappa shape index (κ1) is 6.40. The zero-order valence-corrected chi connectivity index (χ0v) is 4.85. The predicted octanol–water partition coefficient (Wildman–Crippen LogP) is -1.03. The van der Waals surface area contributed by atoms with Gasteiger partial charge in [-0.15, -0.1) is 0 Å². The zero-order valence-electron chi connectivity index (χ0n) is 4.85. The van der Waals surface area contributed by atoms with Crippen molar-refractivity contribution in [2.24, 2.45) is 5.16 Å². The van der Waals surface area contributed by atoms with Crippen molar-refractivity contribution in [3.05, 3.63) is 22.4 Å². The molecule has 52 valence electrons. The molecule has 2 N–H and O–H groups in total. The molecule has 6 nitrogen and oxygen atoms in total. The molecular formula is C4H4N4O2. The summed E-state index contributed by atoms with van der Waals surface area (Å²) in [6.07, 6.45) is 2.28. The Balaban J connectivity index is 3.07. The van der Waals surface area contributed by atoms with Gasteiger partial charge in [0.1, 0.15) is 5.69 Å². The molecule has 0 spiro atoms. The SMILES string of the molecule is O=c1nc(/C=N/O)cn[nH]1. The van der Waals surface area contributed by atoms with E-state index in [1.165, 1.54) is 6.20 Å². The second kappa shape index (κ2) is 2.72. The van der Waals surface area contributed by atoms with Crippen molar-refractivity contribution in [2.45, 2.75) is 0 Å². The highest BCUT2D eigenvalue weighted by Gasteiger charge is 1.88. The fraction of sp³-hybridized carbons (Fsp3) is 0. The molecule has 6 heteroatoms. The van der Waals surface area contributed by atoms with E-state index in [-0.39, 0.29) is 5.69 Å². The normalized spacial score (nSPS) is 10.4. The number of H-pyrrole nitrogens is 1. The van der Waals surface area contributed by atoms with Gasteiger partial charge in [0.15, 0.2) is 0 Å². The molecule has 1 aromatic heterocycles. The third kappa shape index (κ3) is 1.38. The Morgan fingerprint density at radius 3 is 3.20 bits per heavy atom. The summed E-state index contributed by atoms with van der Waals surface area (Å²) in [5.74, 6) is 0. The molecule has 0 unspecified atom stereocenters. The lowest BCUT2D eigenvalue weighted by Crippen LogP contribution is -2.13. The maximum atomic E-state index is 10.4. The molecular weight excluding hydrogens is 136 g/mol. The number of hydrogen-bond acceptors (Lipinski definition) is 5.